The molecule has 0 bridgehead atoms. The third-order valence-electron chi connectivity index (χ3n) is 5.05. The van der Waals surface area contributed by atoms with E-state index in [4.69, 9.17) is 4.74 Å². The molecule has 1 saturated heterocycles. The van der Waals surface area contributed by atoms with Gasteiger partial charge in [-0.15, -0.1) is 12.4 Å². The molecule has 2 aliphatic rings. The Bertz CT molecular complexity index is 588. The number of ketones is 1. The molecule has 0 saturated carbocycles. The second kappa shape index (κ2) is 6.47. The SMILES string of the molecule is CCc1c(OC)cc2c(c1O)C(=O)C[C@H]1CCN(C)C[C@H]21.Cl. The summed E-state index contributed by atoms with van der Waals surface area (Å²) >= 11 is 0. The molecule has 122 valence electrons. The van der Waals surface area contributed by atoms with E-state index in [2.05, 4.69) is 11.9 Å². The second-order valence-corrected chi connectivity index (χ2v) is 6.27. The Morgan fingerprint density at radius 2 is 2.18 bits per heavy atom. The summed E-state index contributed by atoms with van der Waals surface area (Å²) in [6, 6.07) is 1.99. The highest BCUT2D eigenvalue weighted by Gasteiger charge is 2.39. The minimum Gasteiger partial charge on any atom is -0.507 e. The van der Waals surface area contributed by atoms with Crippen LogP contribution in [0.25, 0.3) is 0 Å². The van der Waals surface area contributed by atoms with E-state index in [1.54, 1.807) is 7.11 Å². The fraction of sp³-hybridized carbons (Fsp3) is 0.588. The first kappa shape index (κ1) is 17.1. The lowest BCUT2D eigenvalue weighted by Crippen LogP contribution is -2.40. The van der Waals surface area contributed by atoms with Crippen molar-refractivity contribution in [1.29, 1.82) is 0 Å². The number of piperidine rings is 1. The zero-order valence-electron chi connectivity index (χ0n) is 13.4. The third-order valence-corrected chi connectivity index (χ3v) is 5.05. The fourth-order valence-electron chi connectivity index (χ4n) is 3.91. The van der Waals surface area contributed by atoms with Crippen LogP contribution in [0.2, 0.25) is 0 Å². The Morgan fingerprint density at radius 1 is 1.45 bits per heavy atom. The van der Waals surface area contributed by atoms with Crippen molar-refractivity contribution in [3.05, 3.63) is 22.8 Å². The van der Waals surface area contributed by atoms with Crippen molar-refractivity contribution in [2.75, 3.05) is 27.2 Å². The van der Waals surface area contributed by atoms with Gasteiger partial charge in [0.1, 0.15) is 11.5 Å². The Kier molecular flexibility index (Phi) is 5.03. The number of rotatable bonds is 2. The van der Waals surface area contributed by atoms with Gasteiger partial charge in [0.15, 0.2) is 5.78 Å². The van der Waals surface area contributed by atoms with Crippen LogP contribution < -0.4 is 4.74 Å². The van der Waals surface area contributed by atoms with Crippen molar-refractivity contribution in [2.45, 2.75) is 32.1 Å². The third kappa shape index (κ3) is 2.59. The molecule has 22 heavy (non-hydrogen) atoms. The normalized spacial score (nSPS) is 24.2. The minimum atomic E-state index is 0. The van der Waals surface area contributed by atoms with Crippen LogP contribution in [0, 0.1) is 5.92 Å². The Labute approximate surface area is 137 Å². The van der Waals surface area contributed by atoms with E-state index >= 15 is 0 Å². The van der Waals surface area contributed by atoms with Gasteiger partial charge in [-0.3, -0.25) is 4.79 Å². The molecule has 1 aromatic carbocycles. The molecule has 1 heterocycles. The van der Waals surface area contributed by atoms with Gasteiger partial charge in [-0.25, -0.2) is 0 Å². The maximum absolute atomic E-state index is 12.5. The Hall–Kier alpha value is -1.26. The summed E-state index contributed by atoms with van der Waals surface area (Å²) in [7, 11) is 3.74. The van der Waals surface area contributed by atoms with Gasteiger partial charge >= 0.3 is 0 Å². The highest BCUT2D eigenvalue weighted by atomic mass is 35.5. The van der Waals surface area contributed by atoms with Gasteiger partial charge in [0.2, 0.25) is 0 Å². The zero-order valence-corrected chi connectivity index (χ0v) is 14.2. The van der Waals surface area contributed by atoms with Crippen LogP contribution in [0.1, 0.15) is 47.2 Å². The molecule has 5 heteroatoms. The molecule has 0 spiro atoms. The van der Waals surface area contributed by atoms with Crippen LogP contribution in [0.5, 0.6) is 11.5 Å². The molecular weight excluding hydrogens is 302 g/mol. The Balaban J connectivity index is 0.00000176. The van der Waals surface area contributed by atoms with Crippen LogP contribution in [0.4, 0.5) is 0 Å². The lowest BCUT2D eigenvalue weighted by atomic mass is 9.70. The van der Waals surface area contributed by atoms with Gasteiger partial charge < -0.3 is 14.7 Å². The van der Waals surface area contributed by atoms with Crippen LogP contribution in [0.3, 0.4) is 0 Å². The summed E-state index contributed by atoms with van der Waals surface area (Å²) in [6.07, 6.45) is 2.27. The largest absolute Gasteiger partial charge is 0.507 e. The molecule has 1 aromatic rings. The second-order valence-electron chi connectivity index (χ2n) is 6.27. The zero-order chi connectivity index (χ0) is 15.1. The molecule has 3 rings (SSSR count). The lowest BCUT2D eigenvalue weighted by molar-refractivity contribution is 0.0883. The van der Waals surface area contributed by atoms with Gasteiger partial charge in [0, 0.05) is 24.4 Å². The molecule has 0 radical (unpaired) electrons. The molecule has 1 N–H and O–H groups in total. The van der Waals surface area contributed by atoms with E-state index in [-0.39, 0.29) is 23.9 Å². The summed E-state index contributed by atoms with van der Waals surface area (Å²) in [6.45, 7) is 3.95. The summed E-state index contributed by atoms with van der Waals surface area (Å²) < 4.78 is 5.44. The van der Waals surface area contributed by atoms with Crippen LogP contribution in [-0.2, 0) is 6.42 Å². The highest BCUT2D eigenvalue weighted by Crippen LogP contribution is 2.47. The number of hydrogen-bond acceptors (Lipinski definition) is 4. The van der Waals surface area contributed by atoms with Crippen LogP contribution in [0.15, 0.2) is 6.07 Å². The van der Waals surface area contributed by atoms with Crippen molar-refractivity contribution < 1.29 is 14.6 Å². The van der Waals surface area contributed by atoms with E-state index < -0.39 is 0 Å². The quantitative estimate of drug-likeness (QED) is 0.908. The number of benzene rings is 1. The van der Waals surface area contributed by atoms with E-state index in [1.165, 1.54) is 0 Å². The monoisotopic (exact) mass is 325 g/mol. The van der Waals surface area contributed by atoms with Gasteiger partial charge in [0.25, 0.3) is 0 Å². The van der Waals surface area contributed by atoms with Crippen molar-refractivity contribution >= 4 is 18.2 Å². The summed E-state index contributed by atoms with van der Waals surface area (Å²) in [4.78, 5) is 14.8. The van der Waals surface area contributed by atoms with Gasteiger partial charge in [-0.05, 0) is 44.0 Å². The molecule has 0 unspecified atom stereocenters. The standard InChI is InChI=1S/C17H23NO3.ClH/c1-4-11-15(21-3)8-12-13-9-18(2)6-5-10(13)7-14(19)16(12)17(11)20;/h8,10,13,20H,4-7,9H2,1-3H3;1H/t10-,13+;/m1./s1. The summed E-state index contributed by atoms with van der Waals surface area (Å²) in [5, 5.41) is 10.6. The van der Waals surface area contributed by atoms with E-state index in [9.17, 15) is 9.90 Å². The Morgan fingerprint density at radius 3 is 2.82 bits per heavy atom. The van der Waals surface area contributed by atoms with Gasteiger partial charge in [0.05, 0.1) is 12.7 Å². The maximum atomic E-state index is 12.5. The number of hydrogen-bond donors (Lipinski definition) is 1. The van der Waals surface area contributed by atoms with Gasteiger partial charge in [-0.2, -0.15) is 0 Å². The number of likely N-dealkylation sites (tertiary alicyclic amines) is 1. The number of likely N-dealkylation sites (N-methyl/N-ethyl adjacent to an activating group) is 1. The van der Waals surface area contributed by atoms with E-state index in [0.29, 0.717) is 36.0 Å². The van der Waals surface area contributed by atoms with Crippen molar-refractivity contribution in [1.82, 2.24) is 4.90 Å². The number of halogens is 1. The molecule has 0 aromatic heterocycles. The molecule has 2 atom stereocenters. The average Bonchev–Trinajstić information content (AvgIpc) is 2.47. The summed E-state index contributed by atoms with van der Waals surface area (Å²) in [5.74, 6) is 1.66. The number of phenolic OH excluding ortho intramolecular Hbond substituents is 1. The minimum absolute atomic E-state index is 0. The first-order valence-electron chi connectivity index (χ1n) is 7.71. The number of aromatic hydroxyl groups is 1. The number of carbonyl (C=O) groups excluding carboxylic acids is 1. The smallest absolute Gasteiger partial charge is 0.167 e. The molecule has 1 aliphatic heterocycles. The van der Waals surface area contributed by atoms with Gasteiger partial charge in [-0.1, -0.05) is 6.92 Å². The average molecular weight is 326 g/mol. The maximum Gasteiger partial charge on any atom is 0.167 e. The lowest BCUT2D eigenvalue weighted by Gasteiger charge is -2.40. The van der Waals surface area contributed by atoms with E-state index in [0.717, 1.165) is 30.6 Å². The predicted molar refractivity (Wildman–Crippen MR) is 88.6 cm³/mol. The highest BCUT2D eigenvalue weighted by molar-refractivity contribution is 6.02. The van der Waals surface area contributed by atoms with Crippen molar-refractivity contribution in [3.8, 4) is 11.5 Å². The van der Waals surface area contributed by atoms with E-state index in [1.807, 2.05) is 13.0 Å². The molecule has 4 nitrogen and oxygen atoms in total. The number of nitrogens with zero attached hydrogens (tertiary/aromatic N) is 1. The van der Waals surface area contributed by atoms with Crippen LogP contribution >= 0.6 is 12.4 Å². The predicted octanol–water partition coefficient (Wildman–Crippen LogP) is 3.01. The number of phenols is 1. The fourth-order valence-corrected chi connectivity index (χ4v) is 3.91. The first-order valence-corrected chi connectivity index (χ1v) is 7.71. The summed E-state index contributed by atoms with van der Waals surface area (Å²) in [5.41, 5.74) is 2.27. The number of methoxy groups -OCH3 is 1. The number of fused-ring (bicyclic) bond motifs is 3. The molecule has 1 aliphatic carbocycles. The van der Waals surface area contributed by atoms with Crippen molar-refractivity contribution in [3.63, 3.8) is 0 Å². The number of ether oxygens (including phenoxy) is 1. The number of carbonyl (C=O) groups is 1. The topological polar surface area (TPSA) is 49.8 Å². The van der Waals surface area contributed by atoms with Crippen molar-refractivity contribution in [2.24, 2.45) is 5.92 Å². The van der Waals surface area contributed by atoms with Crippen LogP contribution in [-0.4, -0.2) is 43.0 Å². The first-order chi connectivity index (χ1) is 10.1. The molecule has 1 fully saturated rings. The molecular formula is C17H24ClNO3. The number of Topliss-reactive ketones (excluding diaryl/α,β-unsaturated/α-hetero) is 1. The molecule has 0 amide bonds.